The number of likely N-dealkylation sites (N-methyl/N-ethyl adjacent to an activating group) is 1. The predicted octanol–water partition coefficient (Wildman–Crippen LogP) is 5.11. The highest BCUT2D eigenvalue weighted by atomic mass is 16.5. The molecule has 0 radical (unpaired) electrons. The van der Waals surface area contributed by atoms with Crippen molar-refractivity contribution in [2.45, 2.75) is 13.0 Å². The third-order valence-electron chi connectivity index (χ3n) is 5.57. The number of benzene rings is 3. The molecule has 1 unspecified atom stereocenters. The minimum Gasteiger partial charge on any atom is -0.497 e. The molecule has 0 saturated heterocycles. The lowest BCUT2D eigenvalue weighted by molar-refractivity contribution is -0.133. The number of aryl methyl sites for hydroxylation is 1. The van der Waals surface area contributed by atoms with Crippen molar-refractivity contribution in [1.82, 2.24) is 9.88 Å². The van der Waals surface area contributed by atoms with E-state index >= 15 is 0 Å². The molecule has 1 aromatic heterocycles. The van der Waals surface area contributed by atoms with Crippen molar-refractivity contribution >= 4 is 16.8 Å². The number of methoxy groups -OCH3 is 1. The van der Waals surface area contributed by atoms with Gasteiger partial charge in [0.15, 0.2) is 6.61 Å². The summed E-state index contributed by atoms with van der Waals surface area (Å²) in [5.41, 5.74) is 4.07. The Balaban J connectivity index is 1.66. The molecular weight excluding hydrogens is 388 g/mol. The van der Waals surface area contributed by atoms with Crippen molar-refractivity contribution in [3.05, 3.63) is 95.7 Å². The molecule has 4 aromatic rings. The summed E-state index contributed by atoms with van der Waals surface area (Å²) in [4.78, 5) is 18.2. The van der Waals surface area contributed by atoms with Crippen LogP contribution in [0.1, 0.15) is 22.7 Å². The highest BCUT2D eigenvalue weighted by Crippen LogP contribution is 2.34. The van der Waals surface area contributed by atoms with Crippen LogP contribution in [0.5, 0.6) is 11.5 Å². The highest BCUT2D eigenvalue weighted by Gasteiger charge is 2.26. The van der Waals surface area contributed by atoms with Gasteiger partial charge < -0.3 is 19.4 Å². The van der Waals surface area contributed by atoms with E-state index in [0.29, 0.717) is 0 Å². The highest BCUT2D eigenvalue weighted by molar-refractivity contribution is 5.85. The quantitative estimate of drug-likeness (QED) is 0.457. The molecule has 1 atom stereocenters. The molecule has 3 aromatic carbocycles. The summed E-state index contributed by atoms with van der Waals surface area (Å²) in [5.74, 6) is 1.39. The van der Waals surface area contributed by atoms with E-state index in [9.17, 15) is 4.79 Å². The maximum atomic E-state index is 13.2. The Kier molecular flexibility index (Phi) is 5.94. The van der Waals surface area contributed by atoms with Crippen LogP contribution in [0.3, 0.4) is 0 Å². The molecule has 4 rings (SSSR count). The van der Waals surface area contributed by atoms with Gasteiger partial charge in [0, 0.05) is 29.7 Å². The number of carbonyl (C=O) groups is 1. The fourth-order valence-corrected chi connectivity index (χ4v) is 3.82. The van der Waals surface area contributed by atoms with E-state index in [1.165, 1.54) is 0 Å². The average molecular weight is 415 g/mol. The van der Waals surface area contributed by atoms with Gasteiger partial charge in [-0.05, 0) is 42.3 Å². The molecule has 0 spiro atoms. The van der Waals surface area contributed by atoms with Crippen LogP contribution in [0.15, 0.2) is 79.0 Å². The molecule has 5 nitrogen and oxygen atoms in total. The predicted molar refractivity (Wildman–Crippen MR) is 123 cm³/mol. The SMILES string of the molecule is COc1ccc(C(c2c[nH]c3ccccc23)N(C)C(=O)COc2ccccc2C)cc1. The lowest BCUT2D eigenvalue weighted by Crippen LogP contribution is -2.35. The second-order valence-corrected chi connectivity index (χ2v) is 7.52. The number of hydrogen-bond acceptors (Lipinski definition) is 3. The van der Waals surface area contributed by atoms with E-state index in [2.05, 4.69) is 11.1 Å². The summed E-state index contributed by atoms with van der Waals surface area (Å²) in [6.07, 6.45) is 1.98. The molecule has 0 saturated carbocycles. The first kappa shape index (κ1) is 20.5. The fourth-order valence-electron chi connectivity index (χ4n) is 3.82. The molecule has 31 heavy (non-hydrogen) atoms. The van der Waals surface area contributed by atoms with Crippen LogP contribution in [0.4, 0.5) is 0 Å². The Morgan fingerprint density at radius 3 is 2.45 bits per heavy atom. The molecule has 5 heteroatoms. The normalized spacial score (nSPS) is 11.8. The van der Waals surface area contributed by atoms with Gasteiger partial charge in [-0.2, -0.15) is 0 Å². The van der Waals surface area contributed by atoms with Gasteiger partial charge in [-0.1, -0.05) is 48.5 Å². The first-order valence-electron chi connectivity index (χ1n) is 10.2. The fraction of sp³-hybridized carbons (Fsp3) is 0.192. The van der Waals surface area contributed by atoms with Gasteiger partial charge in [0.2, 0.25) is 0 Å². The summed E-state index contributed by atoms with van der Waals surface area (Å²) in [6.45, 7) is 1.94. The van der Waals surface area contributed by atoms with Crippen LogP contribution < -0.4 is 9.47 Å². The first-order chi connectivity index (χ1) is 15.1. The second-order valence-electron chi connectivity index (χ2n) is 7.52. The molecule has 0 aliphatic heterocycles. The molecule has 0 bridgehead atoms. The molecule has 0 aliphatic rings. The summed E-state index contributed by atoms with van der Waals surface area (Å²) in [5, 5.41) is 1.09. The monoisotopic (exact) mass is 414 g/mol. The molecular formula is C26H26N2O3. The number of ether oxygens (including phenoxy) is 2. The Bertz CT molecular complexity index is 1180. The van der Waals surface area contributed by atoms with Gasteiger partial charge in [-0.3, -0.25) is 4.79 Å². The minimum atomic E-state index is -0.268. The van der Waals surface area contributed by atoms with E-state index in [1.54, 1.807) is 12.0 Å². The minimum absolute atomic E-state index is 0.0314. The third kappa shape index (κ3) is 4.26. The summed E-state index contributed by atoms with van der Waals surface area (Å²) < 4.78 is 11.1. The number of para-hydroxylation sites is 2. The Hall–Kier alpha value is -3.73. The number of rotatable bonds is 7. The maximum Gasteiger partial charge on any atom is 0.261 e. The Morgan fingerprint density at radius 1 is 1.00 bits per heavy atom. The smallest absolute Gasteiger partial charge is 0.261 e. The van der Waals surface area contributed by atoms with Gasteiger partial charge in [0.05, 0.1) is 13.2 Å². The number of amides is 1. The van der Waals surface area contributed by atoms with Crippen LogP contribution in [0, 0.1) is 6.92 Å². The molecule has 0 fully saturated rings. The topological polar surface area (TPSA) is 54.6 Å². The van der Waals surface area contributed by atoms with E-state index in [-0.39, 0.29) is 18.6 Å². The van der Waals surface area contributed by atoms with Gasteiger partial charge in [-0.25, -0.2) is 0 Å². The van der Waals surface area contributed by atoms with Crippen molar-refractivity contribution in [3.8, 4) is 11.5 Å². The van der Waals surface area contributed by atoms with E-state index < -0.39 is 0 Å². The molecule has 1 amide bonds. The van der Waals surface area contributed by atoms with Crippen LogP contribution in [0.25, 0.3) is 10.9 Å². The second kappa shape index (κ2) is 8.96. The largest absolute Gasteiger partial charge is 0.497 e. The van der Waals surface area contributed by atoms with Crippen molar-refractivity contribution in [3.63, 3.8) is 0 Å². The van der Waals surface area contributed by atoms with Crippen molar-refractivity contribution in [1.29, 1.82) is 0 Å². The van der Waals surface area contributed by atoms with Crippen molar-refractivity contribution in [2.75, 3.05) is 20.8 Å². The maximum absolute atomic E-state index is 13.2. The number of fused-ring (bicyclic) bond motifs is 1. The number of nitrogens with one attached hydrogen (secondary N) is 1. The summed E-state index contributed by atoms with van der Waals surface area (Å²) in [7, 11) is 3.46. The number of carbonyl (C=O) groups excluding carboxylic acids is 1. The number of hydrogen-bond donors (Lipinski definition) is 1. The number of aromatic nitrogens is 1. The van der Waals surface area contributed by atoms with E-state index in [4.69, 9.17) is 9.47 Å². The lowest BCUT2D eigenvalue weighted by Gasteiger charge is -2.29. The van der Waals surface area contributed by atoms with E-state index in [0.717, 1.165) is 39.1 Å². The zero-order valence-electron chi connectivity index (χ0n) is 18.0. The van der Waals surface area contributed by atoms with Gasteiger partial charge in [0.25, 0.3) is 5.91 Å². The van der Waals surface area contributed by atoms with Gasteiger partial charge in [-0.15, -0.1) is 0 Å². The zero-order chi connectivity index (χ0) is 21.8. The molecule has 1 N–H and O–H groups in total. The van der Waals surface area contributed by atoms with Crippen LogP contribution in [-0.2, 0) is 4.79 Å². The number of H-pyrrole nitrogens is 1. The van der Waals surface area contributed by atoms with Gasteiger partial charge >= 0.3 is 0 Å². The van der Waals surface area contributed by atoms with Crippen molar-refractivity contribution in [2.24, 2.45) is 0 Å². The summed E-state index contributed by atoms with van der Waals surface area (Å²) in [6, 6.07) is 23.4. The summed E-state index contributed by atoms with van der Waals surface area (Å²) >= 11 is 0. The van der Waals surface area contributed by atoms with E-state index in [1.807, 2.05) is 86.9 Å². The lowest BCUT2D eigenvalue weighted by atomic mass is 9.96. The van der Waals surface area contributed by atoms with Gasteiger partial charge in [0.1, 0.15) is 11.5 Å². The number of nitrogens with zero attached hydrogens (tertiary/aromatic N) is 1. The molecule has 158 valence electrons. The standard InChI is InChI=1S/C26H26N2O3/c1-18-8-4-7-11-24(18)31-17-25(29)28(2)26(19-12-14-20(30-3)15-13-19)22-16-27-23-10-6-5-9-21(22)23/h4-16,26-27H,17H2,1-3H3. The van der Waals surface area contributed by atoms with Crippen LogP contribution >= 0.6 is 0 Å². The third-order valence-corrected chi connectivity index (χ3v) is 5.57. The zero-order valence-corrected chi connectivity index (χ0v) is 18.0. The Labute approximate surface area is 182 Å². The van der Waals surface area contributed by atoms with Crippen LogP contribution in [-0.4, -0.2) is 36.6 Å². The average Bonchev–Trinajstić information content (AvgIpc) is 3.23. The molecule has 1 heterocycles. The van der Waals surface area contributed by atoms with Crippen LogP contribution in [0.2, 0.25) is 0 Å². The first-order valence-corrected chi connectivity index (χ1v) is 10.2. The van der Waals surface area contributed by atoms with Crippen molar-refractivity contribution < 1.29 is 14.3 Å². The number of aromatic amines is 1. The molecule has 0 aliphatic carbocycles. The Morgan fingerprint density at radius 2 is 1.71 bits per heavy atom.